The van der Waals surface area contributed by atoms with Gasteiger partial charge in [0.15, 0.2) is 0 Å². The van der Waals surface area contributed by atoms with Crippen molar-refractivity contribution in [3.05, 3.63) is 18.2 Å². The number of carboxylic acid groups (broad SMARTS) is 1. The summed E-state index contributed by atoms with van der Waals surface area (Å²) in [7, 11) is 0. The number of imidazole rings is 1. The van der Waals surface area contributed by atoms with Crippen LogP contribution in [0.3, 0.4) is 0 Å². The molecule has 1 saturated carbocycles. The Bertz CT molecular complexity index is 456. The van der Waals surface area contributed by atoms with Crippen molar-refractivity contribution in [3.63, 3.8) is 0 Å². The predicted molar refractivity (Wildman–Crippen MR) is 72.2 cm³/mol. The Balaban J connectivity index is 1.83. The molecule has 0 spiro atoms. The van der Waals surface area contributed by atoms with E-state index in [-0.39, 0.29) is 12.5 Å². The molecule has 4 N–H and O–H groups in total. The van der Waals surface area contributed by atoms with E-state index in [4.69, 9.17) is 5.11 Å². The van der Waals surface area contributed by atoms with Gasteiger partial charge in [0, 0.05) is 24.4 Å². The summed E-state index contributed by atoms with van der Waals surface area (Å²) in [6.45, 7) is 1.95. The maximum atomic E-state index is 11.8. The average molecular weight is 280 g/mol. The maximum absolute atomic E-state index is 11.8. The highest BCUT2D eigenvalue weighted by atomic mass is 16.4. The predicted octanol–water partition coefficient (Wildman–Crippen LogP) is 0.893. The Morgan fingerprint density at radius 2 is 2.25 bits per heavy atom. The third kappa shape index (κ3) is 3.72. The number of aromatic amines is 1. The minimum absolute atomic E-state index is 0.0744. The van der Waals surface area contributed by atoms with E-state index >= 15 is 0 Å². The van der Waals surface area contributed by atoms with Crippen molar-refractivity contribution in [1.82, 2.24) is 20.6 Å². The van der Waals surface area contributed by atoms with Crippen molar-refractivity contribution in [2.24, 2.45) is 5.92 Å². The Morgan fingerprint density at radius 1 is 1.50 bits per heavy atom. The monoisotopic (exact) mass is 280 g/mol. The summed E-state index contributed by atoms with van der Waals surface area (Å²) in [5.74, 6) is -0.553. The van der Waals surface area contributed by atoms with Crippen LogP contribution in [0.2, 0.25) is 0 Å². The first-order chi connectivity index (χ1) is 9.56. The molecule has 1 unspecified atom stereocenters. The molecule has 0 radical (unpaired) electrons. The highest BCUT2D eigenvalue weighted by molar-refractivity contribution is 5.82. The zero-order valence-electron chi connectivity index (χ0n) is 11.4. The largest absolute Gasteiger partial charge is 0.480 e. The summed E-state index contributed by atoms with van der Waals surface area (Å²) < 4.78 is 0. The average Bonchev–Trinajstić information content (AvgIpc) is 2.77. The molecule has 1 heterocycles. The first kappa shape index (κ1) is 14.4. The van der Waals surface area contributed by atoms with E-state index in [1.54, 1.807) is 6.20 Å². The van der Waals surface area contributed by atoms with Crippen molar-refractivity contribution in [1.29, 1.82) is 0 Å². The fourth-order valence-electron chi connectivity index (χ4n) is 2.28. The Labute approximate surface area is 117 Å². The van der Waals surface area contributed by atoms with Crippen LogP contribution in [0.25, 0.3) is 0 Å². The molecule has 1 aliphatic carbocycles. The van der Waals surface area contributed by atoms with Crippen LogP contribution in [0.1, 0.15) is 31.9 Å². The molecule has 1 aliphatic rings. The van der Waals surface area contributed by atoms with Crippen LogP contribution in [0, 0.1) is 5.92 Å². The van der Waals surface area contributed by atoms with E-state index in [0.717, 1.165) is 12.8 Å². The minimum atomic E-state index is -1.06. The van der Waals surface area contributed by atoms with E-state index in [1.807, 2.05) is 6.92 Å². The molecule has 0 aliphatic heterocycles. The number of carbonyl (C=O) groups is 2. The second-order valence-corrected chi connectivity index (χ2v) is 5.27. The lowest BCUT2D eigenvalue weighted by molar-refractivity contribution is -0.139. The van der Waals surface area contributed by atoms with Crippen LogP contribution < -0.4 is 10.6 Å². The standard InChI is InChI=1S/C13H20N4O3/c1-8(9-3-2-4-9)16-13(20)17-11(12(18)19)5-10-6-14-7-15-10/h6-9,11H,2-5H2,1H3,(H,14,15)(H,18,19)(H2,16,17,20)/t8?,11-/m1/s1. The van der Waals surface area contributed by atoms with E-state index in [2.05, 4.69) is 20.6 Å². The fourth-order valence-corrected chi connectivity index (χ4v) is 2.28. The van der Waals surface area contributed by atoms with Gasteiger partial charge in [-0.25, -0.2) is 14.6 Å². The molecule has 1 aromatic heterocycles. The molecule has 0 aromatic carbocycles. The molecule has 2 rings (SSSR count). The number of carbonyl (C=O) groups excluding carboxylic acids is 1. The topological polar surface area (TPSA) is 107 Å². The summed E-state index contributed by atoms with van der Waals surface area (Å²) in [5.41, 5.74) is 0.671. The minimum Gasteiger partial charge on any atom is -0.480 e. The highest BCUT2D eigenvalue weighted by Gasteiger charge is 2.27. The number of urea groups is 1. The van der Waals surface area contributed by atoms with Crippen LogP contribution in [0.5, 0.6) is 0 Å². The lowest BCUT2D eigenvalue weighted by atomic mass is 9.80. The number of hydrogen-bond donors (Lipinski definition) is 4. The van der Waals surface area contributed by atoms with Gasteiger partial charge in [-0.05, 0) is 25.7 Å². The number of nitrogens with one attached hydrogen (secondary N) is 3. The number of nitrogens with zero attached hydrogens (tertiary/aromatic N) is 1. The number of aliphatic carboxylic acids is 1. The van der Waals surface area contributed by atoms with Gasteiger partial charge in [0.25, 0.3) is 0 Å². The summed E-state index contributed by atoms with van der Waals surface area (Å²) in [4.78, 5) is 29.7. The molecule has 7 nitrogen and oxygen atoms in total. The molecule has 0 bridgehead atoms. The Kier molecular flexibility index (Phi) is 4.60. The van der Waals surface area contributed by atoms with Crippen molar-refractivity contribution in [3.8, 4) is 0 Å². The fraction of sp³-hybridized carbons (Fsp3) is 0.615. The van der Waals surface area contributed by atoms with E-state index in [1.165, 1.54) is 12.7 Å². The van der Waals surface area contributed by atoms with Crippen LogP contribution in [-0.4, -0.2) is 39.2 Å². The second-order valence-electron chi connectivity index (χ2n) is 5.27. The summed E-state index contributed by atoms with van der Waals surface area (Å²) in [5, 5.41) is 14.4. The molecule has 20 heavy (non-hydrogen) atoms. The maximum Gasteiger partial charge on any atom is 0.326 e. The first-order valence-corrected chi connectivity index (χ1v) is 6.83. The van der Waals surface area contributed by atoms with Gasteiger partial charge >= 0.3 is 12.0 Å². The Morgan fingerprint density at radius 3 is 2.75 bits per heavy atom. The molecular formula is C13H20N4O3. The van der Waals surface area contributed by atoms with Crippen LogP contribution in [-0.2, 0) is 11.2 Å². The quantitative estimate of drug-likeness (QED) is 0.620. The summed E-state index contributed by atoms with van der Waals surface area (Å²) in [6, 6.07) is -1.33. The lowest BCUT2D eigenvalue weighted by Gasteiger charge is -2.32. The van der Waals surface area contributed by atoms with Gasteiger partial charge in [0.1, 0.15) is 6.04 Å². The van der Waals surface area contributed by atoms with Crippen molar-refractivity contribution in [2.75, 3.05) is 0 Å². The van der Waals surface area contributed by atoms with Crippen molar-refractivity contribution in [2.45, 2.75) is 44.7 Å². The van der Waals surface area contributed by atoms with Crippen molar-refractivity contribution >= 4 is 12.0 Å². The molecular weight excluding hydrogens is 260 g/mol. The van der Waals surface area contributed by atoms with Gasteiger partial charge < -0.3 is 20.7 Å². The second kappa shape index (κ2) is 6.40. The van der Waals surface area contributed by atoms with Gasteiger partial charge in [-0.2, -0.15) is 0 Å². The van der Waals surface area contributed by atoms with Crippen molar-refractivity contribution < 1.29 is 14.7 Å². The number of H-pyrrole nitrogens is 1. The zero-order chi connectivity index (χ0) is 14.5. The molecule has 2 atom stereocenters. The van der Waals surface area contributed by atoms with Gasteiger partial charge in [-0.15, -0.1) is 0 Å². The third-order valence-corrected chi connectivity index (χ3v) is 3.80. The normalized spacial score (nSPS) is 17.9. The van der Waals surface area contributed by atoms with Crippen LogP contribution in [0.15, 0.2) is 12.5 Å². The number of aromatic nitrogens is 2. The molecule has 1 aromatic rings. The SMILES string of the molecule is CC(NC(=O)N[C@H](Cc1cnc[nH]1)C(=O)O)C1CCC1. The van der Waals surface area contributed by atoms with Crippen LogP contribution in [0.4, 0.5) is 4.79 Å². The summed E-state index contributed by atoms with van der Waals surface area (Å²) >= 11 is 0. The highest BCUT2D eigenvalue weighted by Crippen LogP contribution is 2.29. The van der Waals surface area contributed by atoms with Crippen LogP contribution >= 0.6 is 0 Å². The number of carboxylic acids is 1. The molecule has 7 heteroatoms. The third-order valence-electron chi connectivity index (χ3n) is 3.80. The zero-order valence-corrected chi connectivity index (χ0v) is 11.4. The molecule has 2 amide bonds. The lowest BCUT2D eigenvalue weighted by Crippen LogP contribution is -2.51. The van der Waals surface area contributed by atoms with Gasteiger partial charge in [-0.3, -0.25) is 0 Å². The first-order valence-electron chi connectivity index (χ1n) is 6.83. The molecule has 110 valence electrons. The van der Waals surface area contributed by atoms with E-state index < -0.39 is 18.0 Å². The van der Waals surface area contributed by atoms with Gasteiger partial charge in [-0.1, -0.05) is 6.42 Å². The number of hydrogen-bond acceptors (Lipinski definition) is 3. The van der Waals surface area contributed by atoms with Gasteiger partial charge in [0.2, 0.25) is 0 Å². The molecule has 1 fully saturated rings. The number of rotatable bonds is 6. The van der Waals surface area contributed by atoms with Gasteiger partial charge in [0.05, 0.1) is 6.33 Å². The van der Waals surface area contributed by atoms with E-state index in [9.17, 15) is 9.59 Å². The Hall–Kier alpha value is -2.05. The summed E-state index contributed by atoms with van der Waals surface area (Å²) in [6.07, 6.45) is 6.66. The number of amides is 2. The molecule has 0 saturated heterocycles. The smallest absolute Gasteiger partial charge is 0.326 e. The van der Waals surface area contributed by atoms with E-state index in [0.29, 0.717) is 11.6 Å².